The van der Waals surface area contributed by atoms with Crippen molar-refractivity contribution in [1.82, 2.24) is 14.9 Å². The van der Waals surface area contributed by atoms with Gasteiger partial charge in [-0.25, -0.2) is 4.98 Å². The van der Waals surface area contributed by atoms with Crippen molar-refractivity contribution in [2.24, 2.45) is 5.92 Å². The van der Waals surface area contributed by atoms with Gasteiger partial charge < -0.3 is 10.2 Å². The fourth-order valence-corrected chi connectivity index (χ4v) is 6.21. The van der Waals surface area contributed by atoms with E-state index in [9.17, 15) is 4.79 Å². The van der Waals surface area contributed by atoms with Gasteiger partial charge in [-0.3, -0.25) is 14.7 Å². The molecule has 2 aliphatic rings. The Morgan fingerprint density at radius 1 is 0.868 bits per heavy atom. The quantitative estimate of drug-likeness (QED) is 0.355. The van der Waals surface area contributed by atoms with Gasteiger partial charge in [-0.2, -0.15) is 0 Å². The van der Waals surface area contributed by atoms with Crippen LogP contribution in [0.15, 0.2) is 85.1 Å². The minimum Gasteiger partial charge on any atom is -0.369 e. The number of piperazine rings is 1. The number of para-hydroxylation sites is 3. The van der Waals surface area contributed by atoms with Crippen molar-refractivity contribution in [2.75, 3.05) is 36.4 Å². The average Bonchev–Trinajstić information content (AvgIpc) is 2.98. The maximum absolute atomic E-state index is 13.1. The molecule has 4 aromatic rings. The Morgan fingerprint density at radius 3 is 2.34 bits per heavy atom. The van der Waals surface area contributed by atoms with E-state index in [0.29, 0.717) is 5.69 Å². The lowest BCUT2D eigenvalue weighted by atomic mass is 9.71. The van der Waals surface area contributed by atoms with Crippen LogP contribution in [0.25, 0.3) is 11.0 Å². The van der Waals surface area contributed by atoms with Crippen molar-refractivity contribution in [3.63, 3.8) is 0 Å². The topological polar surface area (TPSA) is 61.4 Å². The molecular formula is C32H35N5O. The highest BCUT2D eigenvalue weighted by atomic mass is 16.1. The van der Waals surface area contributed by atoms with Crippen molar-refractivity contribution in [3.8, 4) is 0 Å². The van der Waals surface area contributed by atoms with Crippen LogP contribution in [-0.2, 0) is 5.54 Å². The minimum atomic E-state index is -0.233. The van der Waals surface area contributed by atoms with Crippen molar-refractivity contribution < 1.29 is 4.79 Å². The number of hydrogen-bond acceptors (Lipinski definition) is 5. The number of anilines is 2. The monoisotopic (exact) mass is 505 g/mol. The Hall–Kier alpha value is -3.77. The van der Waals surface area contributed by atoms with Gasteiger partial charge in [-0.1, -0.05) is 49.4 Å². The van der Waals surface area contributed by atoms with Gasteiger partial charge >= 0.3 is 0 Å². The zero-order chi connectivity index (χ0) is 26.0. The first-order valence-electron chi connectivity index (χ1n) is 13.8. The first-order valence-corrected chi connectivity index (χ1v) is 13.8. The van der Waals surface area contributed by atoms with Gasteiger partial charge in [0.2, 0.25) is 0 Å². The van der Waals surface area contributed by atoms with E-state index in [-0.39, 0.29) is 11.4 Å². The molecular weight excluding hydrogens is 470 g/mol. The summed E-state index contributed by atoms with van der Waals surface area (Å²) in [6.07, 6.45) is 6.29. The summed E-state index contributed by atoms with van der Waals surface area (Å²) in [6.45, 7) is 6.49. The molecule has 1 aliphatic heterocycles. The minimum absolute atomic E-state index is 0.00121. The second kappa shape index (κ2) is 10.5. The van der Waals surface area contributed by atoms with Crippen molar-refractivity contribution in [2.45, 2.75) is 38.1 Å². The van der Waals surface area contributed by atoms with Gasteiger partial charge in [-0.15, -0.1) is 0 Å². The van der Waals surface area contributed by atoms with Crippen molar-refractivity contribution in [1.29, 1.82) is 0 Å². The fraction of sp³-hybridized carbons (Fsp3) is 0.344. The van der Waals surface area contributed by atoms with Gasteiger partial charge in [0.15, 0.2) is 0 Å². The molecule has 1 saturated carbocycles. The lowest BCUT2D eigenvalue weighted by Gasteiger charge is -2.51. The van der Waals surface area contributed by atoms with E-state index in [4.69, 9.17) is 0 Å². The lowest BCUT2D eigenvalue weighted by Crippen LogP contribution is -2.56. The molecule has 38 heavy (non-hydrogen) atoms. The summed E-state index contributed by atoms with van der Waals surface area (Å²) in [4.78, 5) is 27.3. The highest BCUT2D eigenvalue weighted by Gasteiger charge is 2.42. The number of nitrogens with zero attached hydrogens (tertiary/aromatic N) is 4. The van der Waals surface area contributed by atoms with Gasteiger partial charge in [-0.05, 0) is 73.6 Å². The third-order valence-corrected chi connectivity index (χ3v) is 8.45. The molecule has 1 aromatic heterocycles. The first-order chi connectivity index (χ1) is 18.6. The summed E-state index contributed by atoms with van der Waals surface area (Å²) < 4.78 is 0. The standard InChI is InChI=1S/C32H35N5O/c1-24-14-16-32(17-15-24,37-20-18-36(19-21-37)27-10-3-2-4-11-27)25-8-7-9-26(22-25)34-31(38)30-23-33-28-12-5-6-13-29(28)35-30/h2-13,22-24H,14-21H2,1H3,(H,34,38). The summed E-state index contributed by atoms with van der Waals surface area (Å²) in [7, 11) is 0. The maximum atomic E-state index is 13.1. The molecule has 194 valence electrons. The molecule has 3 aromatic carbocycles. The van der Waals surface area contributed by atoms with E-state index in [2.05, 4.69) is 80.5 Å². The third-order valence-electron chi connectivity index (χ3n) is 8.45. The second-order valence-corrected chi connectivity index (χ2v) is 10.8. The number of hydrogen-bond donors (Lipinski definition) is 1. The third kappa shape index (κ3) is 4.88. The van der Waals surface area contributed by atoms with Crippen LogP contribution < -0.4 is 10.2 Å². The molecule has 6 heteroatoms. The molecule has 0 unspecified atom stereocenters. The second-order valence-electron chi connectivity index (χ2n) is 10.8. The van der Waals surface area contributed by atoms with Crippen LogP contribution in [0.3, 0.4) is 0 Å². The summed E-state index contributed by atoms with van der Waals surface area (Å²) >= 11 is 0. The largest absolute Gasteiger partial charge is 0.369 e. The molecule has 2 fully saturated rings. The highest BCUT2D eigenvalue weighted by molar-refractivity contribution is 6.03. The number of fused-ring (bicyclic) bond motifs is 1. The van der Waals surface area contributed by atoms with Crippen LogP contribution in [0.5, 0.6) is 0 Å². The van der Waals surface area contributed by atoms with Crippen LogP contribution in [0.1, 0.15) is 48.7 Å². The molecule has 1 N–H and O–H groups in total. The van der Waals surface area contributed by atoms with Crippen molar-refractivity contribution >= 4 is 28.3 Å². The van der Waals surface area contributed by atoms with Crippen LogP contribution in [0.2, 0.25) is 0 Å². The normalized spacial score (nSPS) is 22.3. The molecule has 1 aliphatic carbocycles. The van der Waals surface area contributed by atoms with E-state index < -0.39 is 0 Å². The number of benzene rings is 3. The number of amides is 1. The van der Waals surface area contributed by atoms with Gasteiger partial charge in [0, 0.05) is 43.1 Å². The maximum Gasteiger partial charge on any atom is 0.275 e. The fourth-order valence-electron chi connectivity index (χ4n) is 6.21. The van der Waals surface area contributed by atoms with Gasteiger partial charge in [0.05, 0.1) is 17.2 Å². The molecule has 1 saturated heterocycles. The molecule has 1 amide bonds. The van der Waals surface area contributed by atoms with E-state index in [1.54, 1.807) is 6.20 Å². The molecule has 0 radical (unpaired) electrons. The van der Waals surface area contributed by atoms with Crippen molar-refractivity contribution in [3.05, 3.63) is 96.3 Å². The smallest absolute Gasteiger partial charge is 0.275 e. The van der Waals surface area contributed by atoms with Gasteiger partial charge in [0.25, 0.3) is 5.91 Å². The lowest BCUT2D eigenvalue weighted by molar-refractivity contribution is 0.0299. The van der Waals surface area contributed by atoms with Gasteiger partial charge in [0.1, 0.15) is 5.69 Å². The first kappa shape index (κ1) is 24.6. The number of carbonyl (C=O) groups is 1. The predicted molar refractivity (Wildman–Crippen MR) is 153 cm³/mol. The number of aromatic nitrogens is 2. The summed E-state index contributed by atoms with van der Waals surface area (Å²) in [5.41, 5.74) is 5.25. The van der Waals surface area contributed by atoms with E-state index in [0.717, 1.165) is 61.7 Å². The Morgan fingerprint density at radius 2 is 1.58 bits per heavy atom. The van der Waals surface area contributed by atoms with E-state index in [1.807, 2.05) is 30.3 Å². The average molecular weight is 506 g/mol. The predicted octanol–water partition coefficient (Wildman–Crippen LogP) is 6.11. The summed E-state index contributed by atoms with van der Waals surface area (Å²) in [6, 6.07) is 26.8. The zero-order valence-corrected chi connectivity index (χ0v) is 22.0. The molecule has 0 bridgehead atoms. The molecule has 0 spiro atoms. The Bertz CT molecular complexity index is 1410. The Kier molecular flexibility index (Phi) is 6.81. The van der Waals surface area contributed by atoms with E-state index >= 15 is 0 Å². The van der Waals surface area contributed by atoms with Crippen LogP contribution in [0, 0.1) is 5.92 Å². The summed E-state index contributed by atoms with van der Waals surface area (Å²) in [5, 5.41) is 3.09. The SMILES string of the molecule is CC1CCC(c2cccc(NC(=O)c3cnc4ccccc4n3)c2)(N2CCN(c3ccccc3)CC2)CC1. The molecule has 6 nitrogen and oxygen atoms in total. The Balaban J connectivity index is 1.23. The number of rotatable bonds is 5. The summed E-state index contributed by atoms with van der Waals surface area (Å²) in [5.74, 6) is 0.520. The molecule has 0 atom stereocenters. The van der Waals surface area contributed by atoms with Crippen LogP contribution in [0.4, 0.5) is 11.4 Å². The zero-order valence-electron chi connectivity index (χ0n) is 22.0. The number of nitrogens with one attached hydrogen (secondary N) is 1. The Labute approximate surface area is 224 Å². The number of carbonyl (C=O) groups excluding carboxylic acids is 1. The van der Waals surface area contributed by atoms with E-state index in [1.165, 1.54) is 24.1 Å². The highest BCUT2D eigenvalue weighted by Crippen LogP contribution is 2.45. The van der Waals surface area contributed by atoms with Crippen LogP contribution in [-0.4, -0.2) is 47.0 Å². The molecule has 6 rings (SSSR count). The molecule has 2 heterocycles. The van der Waals surface area contributed by atoms with Crippen LogP contribution >= 0.6 is 0 Å².